The Balaban J connectivity index is 2.39. The van der Waals surface area contributed by atoms with E-state index in [1.807, 2.05) is 0 Å². The molecule has 1 amide bonds. The third-order valence-corrected chi connectivity index (χ3v) is 5.24. The molecule has 2 rings (SSSR count). The Morgan fingerprint density at radius 1 is 1.32 bits per heavy atom. The van der Waals surface area contributed by atoms with Crippen molar-refractivity contribution in [3.8, 4) is 0 Å². The standard InChI is InChI=1S/C10H7BrClF2NO3S/c11-6-2-8(14)9(3-7(6)13)15-4-5(1-10(15)16)19(12,17)18/h2-3,5H,1,4H2. The van der Waals surface area contributed by atoms with Gasteiger partial charge in [-0.3, -0.25) is 4.79 Å². The Kier molecular flexibility index (Phi) is 3.85. The van der Waals surface area contributed by atoms with Crippen LogP contribution in [0.15, 0.2) is 16.6 Å². The molecule has 0 saturated carbocycles. The van der Waals surface area contributed by atoms with Crippen LogP contribution < -0.4 is 4.90 Å². The van der Waals surface area contributed by atoms with Gasteiger partial charge in [-0.1, -0.05) is 0 Å². The first-order valence-corrected chi connectivity index (χ1v) is 8.25. The molecule has 1 unspecified atom stereocenters. The average Bonchev–Trinajstić information content (AvgIpc) is 2.65. The highest BCUT2D eigenvalue weighted by Crippen LogP contribution is 2.31. The van der Waals surface area contributed by atoms with Crippen molar-refractivity contribution in [2.75, 3.05) is 11.4 Å². The van der Waals surface area contributed by atoms with Crippen molar-refractivity contribution >= 4 is 47.3 Å². The molecule has 1 aliphatic rings. The molecule has 0 aliphatic carbocycles. The van der Waals surface area contributed by atoms with Gasteiger partial charge in [0.2, 0.25) is 15.0 Å². The largest absolute Gasteiger partial charge is 0.308 e. The Labute approximate surface area is 120 Å². The summed E-state index contributed by atoms with van der Waals surface area (Å²) in [7, 11) is 1.25. The molecular formula is C10H7BrClF2NO3S. The van der Waals surface area contributed by atoms with E-state index in [-0.39, 0.29) is 23.1 Å². The third kappa shape index (κ3) is 2.90. The minimum atomic E-state index is -3.92. The molecule has 1 heterocycles. The van der Waals surface area contributed by atoms with Crippen LogP contribution in [0.3, 0.4) is 0 Å². The number of carbonyl (C=O) groups excluding carboxylic acids is 1. The third-order valence-electron chi connectivity index (χ3n) is 2.77. The van der Waals surface area contributed by atoms with Gasteiger partial charge in [0.1, 0.15) is 16.9 Å². The van der Waals surface area contributed by atoms with Crippen molar-refractivity contribution in [3.05, 3.63) is 28.2 Å². The maximum absolute atomic E-state index is 13.7. The number of rotatable bonds is 2. The van der Waals surface area contributed by atoms with Gasteiger partial charge in [-0.05, 0) is 22.0 Å². The van der Waals surface area contributed by atoms with Crippen molar-refractivity contribution in [1.29, 1.82) is 0 Å². The fraction of sp³-hybridized carbons (Fsp3) is 0.300. The van der Waals surface area contributed by atoms with E-state index in [0.717, 1.165) is 17.0 Å². The maximum Gasteiger partial charge on any atom is 0.237 e. The minimum absolute atomic E-state index is 0.0816. The fourth-order valence-corrected chi connectivity index (χ4v) is 3.16. The predicted octanol–water partition coefficient (Wildman–Crippen LogP) is 2.40. The van der Waals surface area contributed by atoms with E-state index < -0.39 is 31.8 Å². The van der Waals surface area contributed by atoms with Crippen molar-refractivity contribution in [1.82, 2.24) is 0 Å². The van der Waals surface area contributed by atoms with E-state index in [1.54, 1.807) is 0 Å². The topological polar surface area (TPSA) is 54.5 Å². The average molecular weight is 375 g/mol. The van der Waals surface area contributed by atoms with Crippen LogP contribution in [0, 0.1) is 11.6 Å². The van der Waals surface area contributed by atoms with Crippen LogP contribution >= 0.6 is 26.6 Å². The van der Waals surface area contributed by atoms with Crippen molar-refractivity contribution in [2.45, 2.75) is 11.7 Å². The first-order valence-electron chi connectivity index (χ1n) is 5.08. The van der Waals surface area contributed by atoms with Crippen molar-refractivity contribution in [3.63, 3.8) is 0 Å². The molecule has 0 spiro atoms. The molecule has 19 heavy (non-hydrogen) atoms. The molecule has 104 valence electrons. The van der Waals surface area contributed by atoms with Gasteiger partial charge in [0.15, 0.2) is 0 Å². The van der Waals surface area contributed by atoms with Gasteiger partial charge >= 0.3 is 0 Å². The molecule has 1 aliphatic heterocycles. The zero-order valence-corrected chi connectivity index (χ0v) is 12.4. The molecule has 0 bridgehead atoms. The quantitative estimate of drug-likeness (QED) is 0.590. The first-order chi connectivity index (χ1) is 8.70. The van der Waals surface area contributed by atoms with Gasteiger partial charge in [0.05, 0.1) is 10.2 Å². The lowest BCUT2D eigenvalue weighted by molar-refractivity contribution is -0.117. The summed E-state index contributed by atoms with van der Waals surface area (Å²) in [6.07, 6.45) is -0.344. The van der Waals surface area contributed by atoms with Crippen LogP contribution in [0.1, 0.15) is 6.42 Å². The molecule has 9 heteroatoms. The monoisotopic (exact) mass is 373 g/mol. The van der Waals surface area contributed by atoms with Gasteiger partial charge in [0, 0.05) is 29.7 Å². The van der Waals surface area contributed by atoms with Gasteiger partial charge in [-0.15, -0.1) is 0 Å². The summed E-state index contributed by atoms with van der Waals surface area (Å²) in [6.45, 7) is -0.289. The van der Waals surface area contributed by atoms with Crippen LogP contribution in [-0.4, -0.2) is 26.1 Å². The van der Waals surface area contributed by atoms with E-state index in [9.17, 15) is 22.0 Å². The molecule has 1 aromatic rings. The summed E-state index contributed by atoms with van der Waals surface area (Å²) in [5.41, 5.74) is -0.298. The first kappa shape index (κ1) is 14.7. The Hall–Kier alpha value is -0.730. The number of halogens is 4. The zero-order valence-electron chi connectivity index (χ0n) is 9.24. The van der Waals surface area contributed by atoms with Crippen LogP contribution in [0.2, 0.25) is 0 Å². The van der Waals surface area contributed by atoms with Crippen LogP contribution in [0.4, 0.5) is 14.5 Å². The second kappa shape index (κ2) is 4.99. The van der Waals surface area contributed by atoms with Gasteiger partial charge < -0.3 is 4.90 Å². The Morgan fingerprint density at radius 2 is 1.95 bits per heavy atom. The number of amides is 1. The van der Waals surface area contributed by atoms with Crippen LogP contribution in [0.25, 0.3) is 0 Å². The number of hydrogen-bond donors (Lipinski definition) is 0. The summed E-state index contributed by atoms with van der Waals surface area (Å²) < 4.78 is 49.3. The zero-order chi connectivity index (χ0) is 14.4. The lowest BCUT2D eigenvalue weighted by Crippen LogP contribution is -2.27. The highest BCUT2D eigenvalue weighted by Gasteiger charge is 2.39. The van der Waals surface area contributed by atoms with Crippen molar-refractivity contribution < 1.29 is 22.0 Å². The highest BCUT2D eigenvalue weighted by molar-refractivity contribution is 9.10. The van der Waals surface area contributed by atoms with Crippen LogP contribution in [-0.2, 0) is 13.8 Å². The lowest BCUT2D eigenvalue weighted by atomic mass is 10.2. The highest BCUT2D eigenvalue weighted by atomic mass is 79.9. The molecule has 1 aromatic carbocycles. The number of benzene rings is 1. The van der Waals surface area contributed by atoms with E-state index in [0.29, 0.717) is 0 Å². The van der Waals surface area contributed by atoms with E-state index in [1.165, 1.54) is 0 Å². The SMILES string of the molecule is O=C1CC(S(=O)(=O)Cl)CN1c1cc(F)c(Br)cc1F. The van der Waals surface area contributed by atoms with Crippen molar-refractivity contribution in [2.24, 2.45) is 0 Å². The summed E-state index contributed by atoms with van der Waals surface area (Å²) in [4.78, 5) is 12.6. The molecule has 0 radical (unpaired) electrons. The van der Waals surface area contributed by atoms with E-state index in [4.69, 9.17) is 10.7 Å². The Bertz CT molecular complexity index is 652. The molecule has 1 saturated heterocycles. The normalized spacial score (nSPS) is 20.1. The molecule has 1 fully saturated rings. The second-order valence-corrected chi connectivity index (χ2v) is 7.79. The fourth-order valence-electron chi connectivity index (χ4n) is 1.82. The van der Waals surface area contributed by atoms with Gasteiger partial charge in [0.25, 0.3) is 0 Å². The van der Waals surface area contributed by atoms with Gasteiger partial charge in [-0.25, -0.2) is 17.2 Å². The van der Waals surface area contributed by atoms with E-state index >= 15 is 0 Å². The number of anilines is 1. The smallest absolute Gasteiger partial charge is 0.237 e. The molecular weight excluding hydrogens is 368 g/mol. The summed E-state index contributed by atoms with van der Waals surface area (Å²) in [5, 5.41) is -1.12. The number of nitrogens with zero attached hydrogens (tertiary/aromatic N) is 1. The minimum Gasteiger partial charge on any atom is -0.308 e. The lowest BCUT2D eigenvalue weighted by Gasteiger charge is -2.17. The predicted molar refractivity (Wildman–Crippen MR) is 69.6 cm³/mol. The maximum atomic E-state index is 13.7. The molecule has 0 N–H and O–H groups in total. The molecule has 4 nitrogen and oxygen atoms in total. The number of carbonyl (C=O) groups is 1. The summed E-state index contributed by atoms with van der Waals surface area (Å²) in [5.74, 6) is -2.19. The molecule has 0 aromatic heterocycles. The van der Waals surface area contributed by atoms with Crippen LogP contribution in [0.5, 0.6) is 0 Å². The summed E-state index contributed by atoms with van der Waals surface area (Å²) >= 11 is 2.81. The number of hydrogen-bond acceptors (Lipinski definition) is 3. The van der Waals surface area contributed by atoms with E-state index in [2.05, 4.69) is 15.9 Å². The molecule has 1 atom stereocenters. The second-order valence-electron chi connectivity index (χ2n) is 4.02. The van der Waals surface area contributed by atoms with Gasteiger partial charge in [-0.2, -0.15) is 0 Å². The summed E-state index contributed by atoms with van der Waals surface area (Å²) in [6, 6.07) is 1.71. The Morgan fingerprint density at radius 3 is 2.47 bits per heavy atom.